The second-order valence-electron chi connectivity index (χ2n) is 6.40. The number of nitriles is 1. The zero-order valence-corrected chi connectivity index (χ0v) is 16.2. The molecule has 0 aromatic heterocycles. The number of benzene rings is 2. The predicted molar refractivity (Wildman–Crippen MR) is 105 cm³/mol. The molecule has 1 amide bonds. The Morgan fingerprint density at radius 3 is 2.48 bits per heavy atom. The Hall–Kier alpha value is -2.71. The maximum absolute atomic E-state index is 12.2. The largest absolute Gasteiger partial charge is 0.508 e. The molecule has 142 valence electrons. The number of carbonyl (C=O) groups excluding carboxylic acids is 1. The van der Waals surface area contributed by atoms with Gasteiger partial charge in [-0.05, 0) is 61.2 Å². The second kappa shape index (κ2) is 9.84. The lowest BCUT2D eigenvalue weighted by molar-refractivity contribution is -0.123. The lowest BCUT2D eigenvalue weighted by Crippen LogP contribution is -2.32. The standard InChI is InChI=1S/C21H23ClN2O3/c1-14-11-19(12-15(2)20(14)22)27-10-8-17(13-23)21(26)24-9-7-16-3-5-18(25)6-4-16/h3-6,11-12,17,25H,7-10H2,1-2H3,(H,24,26). The van der Waals surface area contributed by atoms with E-state index in [-0.39, 0.29) is 18.3 Å². The van der Waals surface area contributed by atoms with Crippen molar-refractivity contribution in [3.05, 3.63) is 58.1 Å². The summed E-state index contributed by atoms with van der Waals surface area (Å²) in [5, 5.41) is 22.0. The fraction of sp³-hybridized carbons (Fsp3) is 0.333. The molecule has 2 N–H and O–H groups in total. The van der Waals surface area contributed by atoms with E-state index < -0.39 is 5.92 Å². The number of phenols is 1. The fourth-order valence-electron chi connectivity index (χ4n) is 2.65. The van der Waals surface area contributed by atoms with Crippen LogP contribution in [0.25, 0.3) is 0 Å². The van der Waals surface area contributed by atoms with Gasteiger partial charge in [0.2, 0.25) is 5.91 Å². The highest BCUT2D eigenvalue weighted by Gasteiger charge is 2.17. The van der Waals surface area contributed by atoms with E-state index in [1.54, 1.807) is 24.3 Å². The number of phenolic OH excluding ortho intramolecular Hbond substituents is 1. The van der Waals surface area contributed by atoms with Gasteiger partial charge in [-0.2, -0.15) is 5.26 Å². The number of hydrogen-bond acceptors (Lipinski definition) is 4. The van der Waals surface area contributed by atoms with Crippen LogP contribution in [0.4, 0.5) is 0 Å². The van der Waals surface area contributed by atoms with Crippen LogP contribution in [0.5, 0.6) is 11.5 Å². The number of aryl methyl sites for hydroxylation is 2. The van der Waals surface area contributed by atoms with Crippen LogP contribution in [0.2, 0.25) is 5.02 Å². The molecule has 1 unspecified atom stereocenters. The molecular formula is C21H23ClN2O3. The summed E-state index contributed by atoms with van der Waals surface area (Å²) in [6.07, 6.45) is 0.937. The Labute approximate surface area is 164 Å². The number of rotatable bonds is 8. The van der Waals surface area contributed by atoms with Crippen molar-refractivity contribution in [3.8, 4) is 17.6 Å². The molecule has 6 heteroatoms. The Bertz CT molecular complexity index is 805. The summed E-state index contributed by atoms with van der Waals surface area (Å²) in [6, 6.07) is 12.5. The van der Waals surface area contributed by atoms with Crippen molar-refractivity contribution < 1.29 is 14.6 Å². The summed E-state index contributed by atoms with van der Waals surface area (Å²) in [5.41, 5.74) is 2.85. The van der Waals surface area contributed by atoms with Crippen LogP contribution in [0.15, 0.2) is 36.4 Å². The molecule has 0 aliphatic carbocycles. The van der Waals surface area contributed by atoms with E-state index in [2.05, 4.69) is 5.32 Å². The first-order valence-corrected chi connectivity index (χ1v) is 9.13. The Kier molecular flexibility index (Phi) is 7.51. The Balaban J connectivity index is 1.78. The van der Waals surface area contributed by atoms with Gasteiger partial charge in [-0.3, -0.25) is 4.79 Å². The summed E-state index contributed by atoms with van der Waals surface area (Å²) in [7, 11) is 0. The van der Waals surface area contributed by atoms with Crippen molar-refractivity contribution in [3.63, 3.8) is 0 Å². The third kappa shape index (κ3) is 6.19. The van der Waals surface area contributed by atoms with Crippen molar-refractivity contribution in [2.24, 2.45) is 5.92 Å². The Morgan fingerprint density at radius 2 is 1.89 bits per heavy atom. The van der Waals surface area contributed by atoms with Gasteiger partial charge in [-0.25, -0.2) is 0 Å². The molecule has 27 heavy (non-hydrogen) atoms. The third-order valence-corrected chi connectivity index (χ3v) is 4.80. The van der Waals surface area contributed by atoms with E-state index in [1.807, 2.05) is 32.0 Å². The number of hydrogen-bond donors (Lipinski definition) is 2. The lowest BCUT2D eigenvalue weighted by Gasteiger charge is -2.13. The quantitative estimate of drug-likeness (QED) is 0.720. The van der Waals surface area contributed by atoms with E-state index in [0.29, 0.717) is 30.2 Å². The zero-order chi connectivity index (χ0) is 19.8. The first-order valence-electron chi connectivity index (χ1n) is 8.75. The van der Waals surface area contributed by atoms with Gasteiger partial charge in [0.05, 0.1) is 12.7 Å². The van der Waals surface area contributed by atoms with Crippen LogP contribution in [0.1, 0.15) is 23.1 Å². The molecule has 5 nitrogen and oxygen atoms in total. The van der Waals surface area contributed by atoms with E-state index in [9.17, 15) is 15.2 Å². The molecule has 0 saturated carbocycles. The summed E-state index contributed by atoms with van der Waals surface area (Å²) in [5.74, 6) is -0.181. The van der Waals surface area contributed by atoms with Gasteiger partial charge >= 0.3 is 0 Å². The van der Waals surface area contributed by atoms with E-state index in [0.717, 1.165) is 16.7 Å². The Morgan fingerprint density at radius 1 is 1.26 bits per heavy atom. The average molecular weight is 387 g/mol. The van der Waals surface area contributed by atoms with Crippen molar-refractivity contribution in [2.75, 3.05) is 13.2 Å². The van der Waals surface area contributed by atoms with Crippen molar-refractivity contribution >= 4 is 17.5 Å². The average Bonchev–Trinajstić information content (AvgIpc) is 2.64. The molecule has 1 atom stereocenters. The molecule has 2 aromatic rings. The minimum Gasteiger partial charge on any atom is -0.508 e. The monoisotopic (exact) mass is 386 g/mol. The maximum atomic E-state index is 12.2. The van der Waals surface area contributed by atoms with Crippen LogP contribution in [-0.4, -0.2) is 24.2 Å². The number of amides is 1. The molecule has 0 heterocycles. The summed E-state index contributed by atoms with van der Waals surface area (Å²) in [4.78, 5) is 12.2. The van der Waals surface area contributed by atoms with E-state index >= 15 is 0 Å². The number of nitrogens with one attached hydrogen (secondary N) is 1. The molecule has 0 spiro atoms. The smallest absolute Gasteiger partial charge is 0.237 e. The highest BCUT2D eigenvalue weighted by Crippen LogP contribution is 2.26. The van der Waals surface area contributed by atoms with Gasteiger partial charge in [0.15, 0.2) is 0 Å². The summed E-state index contributed by atoms with van der Waals surface area (Å²) >= 11 is 6.13. The number of halogens is 1. The summed E-state index contributed by atoms with van der Waals surface area (Å²) < 4.78 is 5.68. The minimum atomic E-state index is -0.765. The van der Waals surface area contributed by atoms with Gasteiger partial charge < -0.3 is 15.2 Å². The van der Waals surface area contributed by atoms with Crippen LogP contribution in [0.3, 0.4) is 0 Å². The molecule has 2 aromatic carbocycles. The van der Waals surface area contributed by atoms with Crippen molar-refractivity contribution in [2.45, 2.75) is 26.7 Å². The molecule has 0 saturated heterocycles. The van der Waals surface area contributed by atoms with Gasteiger partial charge in [0.25, 0.3) is 0 Å². The van der Waals surface area contributed by atoms with Gasteiger partial charge in [-0.1, -0.05) is 23.7 Å². The predicted octanol–water partition coefficient (Wildman–Crippen LogP) is 3.93. The first kappa shape index (κ1) is 20.6. The van der Waals surface area contributed by atoms with Gasteiger partial charge in [-0.15, -0.1) is 0 Å². The number of nitrogens with zero attached hydrogens (tertiary/aromatic N) is 1. The van der Waals surface area contributed by atoms with Crippen LogP contribution >= 0.6 is 11.6 Å². The zero-order valence-electron chi connectivity index (χ0n) is 15.5. The highest BCUT2D eigenvalue weighted by molar-refractivity contribution is 6.32. The molecule has 2 rings (SSSR count). The maximum Gasteiger partial charge on any atom is 0.237 e. The highest BCUT2D eigenvalue weighted by atomic mass is 35.5. The molecular weight excluding hydrogens is 364 g/mol. The molecule has 0 radical (unpaired) electrons. The van der Waals surface area contributed by atoms with Crippen LogP contribution < -0.4 is 10.1 Å². The molecule has 0 fully saturated rings. The number of carbonyl (C=O) groups is 1. The fourth-order valence-corrected chi connectivity index (χ4v) is 2.76. The molecule has 0 aliphatic rings. The number of aromatic hydroxyl groups is 1. The van der Waals surface area contributed by atoms with Crippen LogP contribution in [0, 0.1) is 31.1 Å². The lowest BCUT2D eigenvalue weighted by atomic mass is 10.1. The SMILES string of the molecule is Cc1cc(OCCC(C#N)C(=O)NCCc2ccc(O)cc2)cc(C)c1Cl. The minimum absolute atomic E-state index is 0.207. The van der Waals surface area contributed by atoms with Crippen molar-refractivity contribution in [1.82, 2.24) is 5.32 Å². The second-order valence-corrected chi connectivity index (χ2v) is 6.78. The van der Waals surface area contributed by atoms with Crippen molar-refractivity contribution in [1.29, 1.82) is 5.26 Å². The molecule has 0 bridgehead atoms. The first-order chi connectivity index (χ1) is 12.9. The third-order valence-electron chi connectivity index (χ3n) is 4.21. The topological polar surface area (TPSA) is 82.3 Å². The van der Waals surface area contributed by atoms with Crippen LogP contribution in [-0.2, 0) is 11.2 Å². The van der Waals surface area contributed by atoms with Gasteiger partial charge in [0, 0.05) is 18.0 Å². The normalized spacial score (nSPS) is 11.5. The van der Waals surface area contributed by atoms with E-state index in [4.69, 9.17) is 16.3 Å². The summed E-state index contributed by atoms with van der Waals surface area (Å²) in [6.45, 7) is 4.51. The number of ether oxygens (including phenoxy) is 1. The molecule has 0 aliphatic heterocycles. The van der Waals surface area contributed by atoms with E-state index in [1.165, 1.54) is 0 Å². The van der Waals surface area contributed by atoms with Gasteiger partial charge in [0.1, 0.15) is 17.4 Å².